The van der Waals surface area contributed by atoms with Gasteiger partial charge in [0.05, 0.1) is 10.9 Å². The fraction of sp³-hybridized carbons (Fsp3) is 0.0909. The van der Waals surface area contributed by atoms with Crippen molar-refractivity contribution in [2.75, 3.05) is 5.73 Å². The van der Waals surface area contributed by atoms with Crippen molar-refractivity contribution in [3.05, 3.63) is 34.1 Å². The molecule has 0 aliphatic carbocycles. The summed E-state index contributed by atoms with van der Waals surface area (Å²) in [4.78, 5) is 11.0. The Morgan fingerprint density at radius 1 is 1.41 bits per heavy atom. The quantitative estimate of drug-likeness (QED) is 0.712. The highest BCUT2D eigenvalue weighted by atomic mass is 32.1. The van der Waals surface area contributed by atoms with Crippen LogP contribution in [0.25, 0.3) is 21.4 Å². The molecule has 2 N–H and O–H groups in total. The highest BCUT2D eigenvalue weighted by Crippen LogP contribution is 2.32. The first-order valence-electron chi connectivity index (χ1n) is 4.97. The number of rotatable bonds is 1. The van der Waals surface area contributed by atoms with Gasteiger partial charge < -0.3 is 10.2 Å². The van der Waals surface area contributed by atoms with Gasteiger partial charge in [-0.25, -0.2) is 4.79 Å². The molecule has 17 heavy (non-hydrogen) atoms. The standard InChI is InChI=1S/C11H9N3O2S/c1-14-10(12)7(5-13-14)6-3-2-4-8-9(6)16-11(15)17-8/h2-5H,12H2,1H3. The van der Waals surface area contributed by atoms with E-state index in [0.29, 0.717) is 11.4 Å². The zero-order valence-corrected chi connectivity index (χ0v) is 9.82. The van der Waals surface area contributed by atoms with Crippen molar-refractivity contribution in [2.24, 2.45) is 7.05 Å². The molecular formula is C11H9N3O2S. The monoisotopic (exact) mass is 247 g/mol. The van der Waals surface area contributed by atoms with Crippen molar-refractivity contribution in [1.29, 1.82) is 0 Å². The van der Waals surface area contributed by atoms with Crippen LogP contribution < -0.4 is 10.7 Å². The van der Waals surface area contributed by atoms with E-state index >= 15 is 0 Å². The van der Waals surface area contributed by atoms with Crippen molar-refractivity contribution < 1.29 is 4.42 Å². The predicted molar refractivity (Wildman–Crippen MR) is 67.0 cm³/mol. The Labute approximate surface area is 100 Å². The lowest BCUT2D eigenvalue weighted by Crippen LogP contribution is -1.98. The van der Waals surface area contributed by atoms with Gasteiger partial charge in [0.2, 0.25) is 0 Å². The smallest absolute Gasteiger partial charge is 0.396 e. The minimum Gasteiger partial charge on any atom is -0.413 e. The molecule has 86 valence electrons. The minimum absolute atomic E-state index is 0.310. The number of anilines is 1. The van der Waals surface area contributed by atoms with Crippen LogP contribution in [0.5, 0.6) is 0 Å². The molecule has 2 aromatic heterocycles. The van der Waals surface area contributed by atoms with Gasteiger partial charge in [-0.05, 0) is 6.07 Å². The summed E-state index contributed by atoms with van der Waals surface area (Å²) in [5.74, 6) is 0.548. The SMILES string of the molecule is Cn1ncc(-c2cccc3sc(=O)oc23)c1N. The number of nitrogens with zero attached hydrogens (tertiary/aromatic N) is 2. The largest absolute Gasteiger partial charge is 0.413 e. The topological polar surface area (TPSA) is 74.0 Å². The summed E-state index contributed by atoms with van der Waals surface area (Å²) in [6.07, 6.45) is 1.67. The van der Waals surface area contributed by atoms with Crippen LogP contribution in [0, 0.1) is 0 Å². The van der Waals surface area contributed by atoms with Gasteiger partial charge in [-0.1, -0.05) is 23.5 Å². The Balaban J connectivity index is 2.37. The van der Waals surface area contributed by atoms with E-state index in [-0.39, 0.29) is 4.94 Å². The van der Waals surface area contributed by atoms with Crippen molar-refractivity contribution in [1.82, 2.24) is 9.78 Å². The van der Waals surface area contributed by atoms with Crippen LogP contribution in [-0.4, -0.2) is 9.78 Å². The van der Waals surface area contributed by atoms with E-state index < -0.39 is 0 Å². The molecule has 0 aliphatic rings. The Hall–Kier alpha value is -2.08. The molecule has 0 atom stereocenters. The first-order valence-corrected chi connectivity index (χ1v) is 5.79. The van der Waals surface area contributed by atoms with E-state index in [9.17, 15) is 4.79 Å². The number of aryl methyl sites for hydroxylation is 1. The average Bonchev–Trinajstić information content (AvgIpc) is 2.82. The maximum Gasteiger partial charge on any atom is 0.396 e. The second-order valence-electron chi connectivity index (χ2n) is 3.65. The molecule has 0 aliphatic heterocycles. The van der Waals surface area contributed by atoms with Crippen molar-refractivity contribution in [3.8, 4) is 11.1 Å². The number of hydrogen-bond acceptors (Lipinski definition) is 5. The van der Waals surface area contributed by atoms with Gasteiger partial charge in [0.25, 0.3) is 0 Å². The van der Waals surface area contributed by atoms with E-state index in [1.54, 1.807) is 17.9 Å². The summed E-state index contributed by atoms with van der Waals surface area (Å²) in [6.45, 7) is 0. The Morgan fingerprint density at radius 3 is 2.94 bits per heavy atom. The number of nitrogen functional groups attached to an aromatic ring is 1. The highest BCUT2D eigenvalue weighted by molar-refractivity contribution is 7.16. The Kier molecular flexibility index (Phi) is 2.05. The maximum atomic E-state index is 11.3. The predicted octanol–water partition coefficient (Wildman–Crippen LogP) is 1.84. The molecule has 3 rings (SSSR count). The number of benzene rings is 1. The summed E-state index contributed by atoms with van der Waals surface area (Å²) < 4.78 is 7.59. The fourth-order valence-electron chi connectivity index (χ4n) is 1.76. The second kappa shape index (κ2) is 3.46. The molecular weight excluding hydrogens is 238 g/mol. The summed E-state index contributed by atoms with van der Waals surface area (Å²) in [6, 6.07) is 5.59. The van der Waals surface area contributed by atoms with Crippen molar-refractivity contribution in [2.45, 2.75) is 0 Å². The number of aromatic nitrogens is 2. The summed E-state index contributed by atoms with van der Waals surface area (Å²) in [7, 11) is 1.77. The Bertz CT molecular complexity index is 754. The molecule has 3 aromatic rings. The number of fused-ring (bicyclic) bond motifs is 1. The lowest BCUT2D eigenvalue weighted by molar-refractivity contribution is 0.586. The first kappa shape index (κ1) is 10.1. The van der Waals surface area contributed by atoms with E-state index in [4.69, 9.17) is 10.2 Å². The number of nitrogens with two attached hydrogens (primary N) is 1. The minimum atomic E-state index is -0.310. The lowest BCUT2D eigenvalue weighted by Gasteiger charge is -2.00. The normalized spacial score (nSPS) is 11.1. The van der Waals surface area contributed by atoms with Gasteiger partial charge in [-0.15, -0.1) is 0 Å². The lowest BCUT2D eigenvalue weighted by atomic mass is 10.1. The molecule has 2 heterocycles. The first-order chi connectivity index (χ1) is 8.16. The van der Waals surface area contributed by atoms with E-state index in [1.807, 2.05) is 18.2 Å². The Morgan fingerprint density at radius 2 is 2.24 bits per heavy atom. The third kappa shape index (κ3) is 1.45. The van der Waals surface area contributed by atoms with Crippen LogP contribution in [0.3, 0.4) is 0 Å². The molecule has 1 aromatic carbocycles. The van der Waals surface area contributed by atoms with Gasteiger partial charge in [0, 0.05) is 18.2 Å². The van der Waals surface area contributed by atoms with Crippen LogP contribution >= 0.6 is 11.3 Å². The number of para-hydroxylation sites is 1. The highest BCUT2D eigenvalue weighted by Gasteiger charge is 2.13. The van der Waals surface area contributed by atoms with Crippen LogP contribution in [-0.2, 0) is 7.05 Å². The molecule has 0 saturated heterocycles. The third-order valence-corrected chi connectivity index (χ3v) is 3.42. The maximum absolute atomic E-state index is 11.3. The van der Waals surface area contributed by atoms with Gasteiger partial charge in [-0.3, -0.25) is 4.68 Å². The third-order valence-electron chi connectivity index (χ3n) is 2.63. The number of hydrogen-bond donors (Lipinski definition) is 1. The van der Waals surface area contributed by atoms with Crippen molar-refractivity contribution >= 4 is 27.4 Å². The molecule has 0 radical (unpaired) electrons. The van der Waals surface area contributed by atoms with Crippen LogP contribution in [0.1, 0.15) is 0 Å². The van der Waals surface area contributed by atoms with Crippen molar-refractivity contribution in [3.63, 3.8) is 0 Å². The van der Waals surface area contributed by atoms with Crippen LogP contribution in [0.4, 0.5) is 5.82 Å². The van der Waals surface area contributed by atoms with Gasteiger partial charge in [0.1, 0.15) is 5.82 Å². The van der Waals surface area contributed by atoms with E-state index in [2.05, 4.69) is 5.10 Å². The molecule has 5 nitrogen and oxygen atoms in total. The molecule has 0 fully saturated rings. The van der Waals surface area contributed by atoms with Gasteiger partial charge in [-0.2, -0.15) is 5.10 Å². The summed E-state index contributed by atoms with van der Waals surface area (Å²) in [5, 5.41) is 4.08. The van der Waals surface area contributed by atoms with E-state index in [1.165, 1.54) is 0 Å². The molecule has 0 unspecified atom stereocenters. The van der Waals surface area contributed by atoms with Crippen LogP contribution in [0.15, 0.2) is 33.6 Å². The van der Waals surface area contributed by atoms with E-state index in [0.717, 1.165) is 27.2 Å². The average molecular weight is 247 g/mol. The summed E-state index contributed by atoms with van der Waals surface area (Å²) >= 11 is 1.08. The molecule has 0 bridgehead atoms. The van der Waals surface area contributed by atoms with Gasteiger partial charge >= 0.3 is 4.94 Å². The molecule has 0 saturated carbocycles. The van der Waals surface area contributed by atoms with Crippen LogP contribution in [0.2, 0.25) is 0 Å². The zero-order valence-electron chi connectivity index (χ0n) is 9.01. The second-order valence-corrected chi connectivity index (χ2v) is 4.63. The summed E-state index contributed by atoms with van der Waals surface area (Å²) in [5.41, 5.74) is 8.06. The zero-order chi connectivity index (χ0) is 12.0. The molecule has 0 spiro atoms. The van der Waals surface area contributed by atoms with Gasteiger partial charge in [0.15, 0.2) is 5.58 Å². The fourth-order valence-corrected chi connectivity index (χ4v) is 2.46. The molecule has 0 amide bonds. The molecule has 6 heteroatoms.